The number of anilines is 2. The topological polar surface area (TPSA) is 58.8 Å². The van der Waals surface area contributed by atoms with Crippen LogP contribution >= 0.6 is 0 Å². The molecule has 106 valence electrons. The lowest BCUT2D eigenvalue weighted by atomic mass is 10.2. The molecule has 0 aromatic heterocycles. The molecular formula is C14H23N3O2. The lowest BCUT2D eigenvalue weighted by Crippen LogP contribution is -2.36. The van der Waals surface area contributed by atoms with E-state index in [9.17, 15) is 4.79 Å². The second-order valence-electron chi connectivity index (χ2n) is 4.50. The quantitative estimate of drug-likeness (QED) is 0.793. The van der Waals surface area contributed by atoms with Gasteiger partial charge < -0.3 is 20.3 Å². The molecule has 1 aromatic carbocycles. The summed E-state index contributed by atoms with van der Waals surface area (Å²) in [6.07, 6.45) is 0. The molecule has 0 radical (unpaired) electrons. The molecule has 0 heterocycles. The first-order valence-corrected chi connectivity index (χ1v) is 6.46. The summed E-state index contributed by atoms with van der Waals surface area (Å²) in [6, 6.07) is 5.55. The number of nitrogen functional groups attached to an aromatic ring is 1. The fraction of sp³-hybridized carbons (Fsp3) is 0.500. The number of hydrogen-bond acceptors (Lipinski definition) is 4. The van der Waals surface area contributed by atoms with Crippen molar-refractivity contribution in [2.75, 3.05) is 44.4 Å². The zero-order valence-electron chi connectivity index (χ0n) is 12.1. The third kappa shape index (κ3) is 4.35. The Kier molecular flexibility index (Phi) is 5.48. The molecule has 0 saturated carbocycles. The molecule has 0 aliphatic rings. The van der Waals surface area contributed by atoms with E-state index in [2.05, 4.69) is 0 Å². The van der Waals surface area contributed by atoms with Crippen LogP contribution in [0.25, 0.3) is 0 Å². The van der Waals surface area contributed by atoms with E-state index in [1.165, 1.54) is 0 Å². The van der Waals surface area contributed by atoms with Crippen LogP contribution in [-0.2, 0) is 4.79 Å². The van der Waals surface area contributed by atoms with Crippen LogP contribution in [0.1, 0.15) is 13.8 Å². The van der Waals surface area contributed by atoms with Gasteiger partial charge in [-0.2, -0.15) is 0 Å². The summed E-state index contributed by atoms with van der Waals surface area (Å²) < 4.78 is 5.47. The van der Waals surface area contributed by atoms with Gasteiger partial charge in [-0.15, -0.1) is 0 Å². The number of rotatable bonds is 6. The molecule has 0 bridgehead atoms. The highest BCUT2D eigenvalue weighted by Crippen LogP contribution is 2.25. The molecule has 1 rings (SSSR count). The maximum absolute atomic E-state index is 11.8. The highest BCUT2D eigenvalue weighted by atomic mass is 16.5. The van der Waals surface area contributed by atoms with Crippen LogP contribution in [0.5, 0.6) is 5.75 Å². The lowest BCUT2D eigenvalue weighted by Gasteiger charge is -2.25. The van der Waals surface area contributed by atoms with Crippen LogP contribution < -0.4 is 15.4 Å². The Labute approximate surface area is 114 Å². The van der Waals surface area contributed by atoms with Crippen LogP contribution in [0.15, 0.2) is 18.2 Å². The predicted octanol–water partition coefficient (Wildman–Crippen LogP) is 1.58. The predicted molar refractivity (Wildman–Crippen MR) is 78.6 cm³/mol. The van der Waals surface area contributed by atoms with Gasteiger partial charge in [-0.1, -0.05) is 0 Å². The van der Waals surface area contributed by atoms with E-state index in [0.717, 1.165) is 18.0 Å². The van der Waals surface area contributed by atoms with Crippen LogP contribution in [0.4, 0.5) is 11.4 Å². The molecular weight excluding hydrogens is 242 g/mol. The molecule has 0 saturated heterocycles. The van der Waals surface area contributed by atoms with Gasteiger partial charge in [-0.05, 0) is 19.9 Å². The number of ether oxygens (including phenoxy) is 1. The van der Waals surface area contributed by atoms with Gasteiger partial charge in [0.25, 0.3) is 0 Å². The number of likely N-dealkylation sites (N-methyl/N-ethyl adjacent to an activating group) is 2. The van der Waals surface area contributed by atoms with E-state index in [0.29, 0.717) is 18.8 Å². The molecule has 1 amide bonds. The number of nitrogens with two attached hydrogens (primary N) is 1. The molecule has 0 spiro atoms. The van der Waals surface area contributed by atoms with Crippen LogP contribution in [0, 0.1) is 0 Å². The Hall–Kier alpha value is -1.91. The monoisotopic (exact) mass is 265 g/mol. The Morgan fingerprint density at radius 2 is 1.95 bits per heavy atom. The summed E-state index contributed by atoms with van der Waals surface area (Å²) in [6.45, 7) is 5.58. The maximum atomic E-state index is 11.8. The van der Waals surface area contributed by atoms with Crippen molar-refractivity contribution in [1.29, 1.82) is 0 Å². The second-order valence-corrected chi connectivity index (χ2v) is 4.50. The number of nitrogens with zero attached hydrogens (tertiary/aromatic N) is 2. The van der Waals surface area contributed by atoms with E-state index in [-0.39, 0.29) is 5.91 Å². The van der Waals surface area contributed by atoms with Gasteiger partial charge >= 0.3 is 0 Å². The van der Waals surface area contributed by atoms with Crippen molar-refractivity contribution < 1.29 is 9.53 Å². The Morgan fingerprint density at radius 1 is 1.26 bits per heavy atom. The van der Waals surface area contributed by atoms with Crippen LogP contribution in [-0.4, -0.2) is 44.6 Å². The first kappa shape index (κ1) is 15.1. The third-order valence-electron chi connectivity index (χ3n) is 2.80. The first-order chi connectivity index (χ1) is 8.97. The van der Waals surface area contributed by atoms with Crippen molar-refractivity contribution in [1.82, 2.24) is 4.90 Å². The molecule has 0 atom stereocenters. The second kappa shape index (κ2) is 6.87. The van der Waals surface area contributed by atoms with E-state index < -0.39 is 0 Å². The maximum Gasteiger partial charge on any atom is 0.241 e. The van der Waals surface area contributed by atoms with Crippen LogP contribution in [0.2, 0.25) is 0 Å². The third-order valence-corrected chi connectivity index (χ3v) is 2.80. The summed E-state index contributed by atoms with van der Waals surface area (Å²) in [5.74, 6) is 0.787. The van der Waals surface area contributed by atoms with E-state index in [1.807, 2.05) is 30.9 Å². The Bertz CT molecular complexity index is 433. The summed E-state index contributed by atoms with van der Waals surface area (Å²) in [5, 5.41) is 0. The van der Waals surface area contributed by atoms with Crippen LogP contribution in [0.3, 0.4) is 0 Å². The lowest BCUT2D eigenvalue weighted by molar-refractivity contribution is -0.127. The van der Waals surface area contributed by atoms with Crippen molar-refractivity contribution in [2.45, 2.75) is 13.8 Å². The molecule has 0 fully saturated rings. The van der Waals surface area contributed by atoms with Gasteiger partial charge in [-0.3, -0.25) is 4.79 Å². The molecule has 0 unspecified atom stereocenters. The minimum absolute atomic E-state index is 0.0576. The average molecular weight is 265 g/mol. The Balaban J connectivity index is 2.94. The number of hydrogen-bond donors (Lipinski definition) is 1. The molecule has 2 N–H and O–H groups in total. The zero-order chi connectivity index (χ0) is 14.4. The van der Waals surface area contributed by atoms with Gasteiger partial charge in [0.15, 0.2) is 0 Å². The minimum atomic E-state index is 0.0576. The molecule has 0 aliphatic heterocycles. The minimum Gasteiger partial charge on any atom is -0.494 e. The number of carbonyl (C=O) groups excluding carboxylic acids is 1. The van der Waals surface area contributed by atoms with Gasteiger partial charge in [0.2, 0.25) is 5.91 Å². The average Bonchev–Trinajstić information content (AvgIpc) is 2.35. The standard InChI is InChI=1S/C14H23N3O2/c1-5-17(10-14(18)16(3)4)12-7-11(15)8-13(9-12)19-6-2/h7-9H,5-6,10,15H2,1-4H3. The summed E-state index contributed by atoms with van der Waals surface area (Å²) in [5.41, 5.74) is 7.41. The number of amides is 1. The number of carbonyl (C=O) groups is 1. The highest BCUT2D eigenvalue weighted by Gasteiger charge is 2.13. The summed E-state index contributed by atoms with van der Waals surface area (Å²) >= 11 is 0. The highest BCUT2D eigenvalue weighted by molar-refractivity contribution is 5.81. The van der Waals surface area contributed by atoms with E-state index >= 15 is 0 Å². The number of benzene rings is 1. The van der Waals surface area contributed by atoms with Crippen molar-refractivity contribution in [3.8, 4) is 5.75 Å². The largest absolute Gasteiger partial charge is 0.494 e. The normalized spacial score (nSPS) is 10.1. The van der Waals surface area contributed by atoms with E-state index in [1.54, 1.807) is 25.1 Å². The van der Waals surface area contributed by atoms with Gasteiger partial charge in [0, 0.05) is 44.1 Å². The SMILES string of the molecule is CCOc1cc(N)cc(N(CC)CC(=O)N(C)C)c1. The van der Waals surface area contributed by atoms with Crippen molar-refractivity contribution >= 4 is 17.3 Å². The fourth-order valence-electron chi connectivity index (χ4n) is 1.73. The summed E-state index contributed by atoms with van der Waals surface area (Å²) in [7, 11) is 3.50. The fourth-order valence-corrected chi connectivity index (χ4v) is 1.73. The molecule has 5 nitrogen and oxygen atoms in total. The first-order valence-electron chi connectivity index (χ1n) is 6.46. The van der Waals surface area contributed by atoms with Gasteiger partial charge in [-0.25, -0.2) is 0 Å². The van der Waals surface area contributed by atoms with Crippen molar-refractivity contribution in [3.63, 3.8) is 0 Å². The van der Waals surface area contributed by atoms with Gasteiger partial charge in [0.05, 0.1) is 13.2 Å². The van der Waals surface area contributed by atoms with E-state index in [4.69, 9.17) is 10.5 Å². The molecule has 19 heavy (non-hydrogen) atoms. The zero-order valence-corrected chi connectivity index (χ0v) is 12.1. The molecule has 5 heteroatoms. The Morgan fingerprint density at radius 3 is 2.47 bits per heavy atom. The molecule has 0 aliphatic carbocycles. The summed E-state index contributed by atoms with van der Waals surface area (Å²) in [4.78, 5) is 15.4. The molecule has 1 aromatic rings. The van der Waals surface area contributed by atoms with Crippen molar-refractivity contribution in [3.05, 3.63) is 18.2 Å². The van der Waals surface area contributed by atoms with Gasteiger partial charge in [0.1, 0.15) is 5.75 Å². The van der Waals surface area contributed by atoms with Crippen molar-refractivity contribution in [2.24, 2.45) is 0 Å². The smallest absolute Gasteiger partial charge is 0.241 e.